The summed E-state index contributed by atoms with van der Waals surface area (Å²) >= 11 is 0. The van der Waals surface area contributed by atoms with Crippen molar-refractivity contribution < 1.29 is 21.6 Å². The summed E-state index contributed by atoms with van der Waals surface area (Å²) in [5.41, 5.74) is -5.23. The van der Waals surface area contributed by atoms with E-state index < -0.39 is 15.5 Å². The van der Waals surface area contributed by atoms with Crippen LogP contribution in [0.1, 0.15) is 44.9 Å². The average Bonchev–Trinajstić information content (AvgIpc) is 2.65. The quantitative estimate of drug-likeness (QED) is 0.515. The van der Waals surface area contributed by atoms with Gasteiger partial charge in [0, 0.05) is 44.8 Å². The van der Waals surface area contributed by atoms with Crippen LogP contribution in [0.15, 0.2) is 4.99 Å². The summed E-state index contributed by atoms with van der Waals surface area (Å²) in [5, 5.41) is 6.79. The second-order valence-electron chi connectivity index (χ2n) is 8.46. The van der Waals surface area contributed by atoms with E-state index >= 15 is 0 Å². The van der Waals surface area contributed by atoms with Gasteiger partial charge >= 0.3 is 15.5 Å². The van der Waals surface area contributed by atoms with Crippen molar-refractivity contribution in [3.05, 3.63) is 0 Å². The van der Waals surface area contributed by atoms with Gasteiger partial charge < -0.3 is 15.5 Å². The number of nitrogens with one attached hydrogen (secondary N) is 2. The van der Waals surface area contributed by atoms with Gasteiger partial charge in [-0.15, -0.1) is 0 Å². The Balaban J connectivity index is 1.44. The number of halogens is 3. The molecule has 0 aromatic carbocycles. The van der Waals surface area contributed by atoms with E-state index in [0.717, 1.165) is 12.8 Å². The molecule has 2 bridgehead atoms. The molecule has 29 heavy (non-hydrogen) atoms. The molecule has 3 aliphatic rings. The summed E-state index contributed by atoms with van der Waals surface area (Å²) in [5.74, 6) is 0.827. The van der Waals surface area contributed by atoms with Crippen LogP contribution in [-0.2, 0) is 10.0 Å². The van der Waals surface area contributed by atoms with Crippen LogP contribution in [0.5, 0.6) is 0 Å². The lowest BCUT2D eigenvalue weighted by molar-refractivity contribution is -0.0496. The van der Waals surface area contributed by atoms with Gasteiger partial charge in [0.05, 0.1) is 0 Å². The van der Waals surface area contributed by atoms with Gasteiger partial charge in [0.2, 0.25) is 0 Å². The maximum atomic E-state index is 12.7. The zero-order chi connectivity index (χ0) is 21.2. The van der Waals surface area contributed by atoms with Crippen molar-refractivity contribution in [2.75, 3.05) is 33.7 Å². The normalized spacial score (nSPS) is 30.9. The molecule has 0 aliphatic carbocycles. The molecule has 0 radical (unpaired) electrons. The van der Waals surface area contributed by atoms with Crippen LogP contribution in [-0.4, -0.2) is 80.9 Å². The lowest BCUT2D eigenvalue weighted by atomic mass is 9.82. The monoisotopic (exact) mass is 439 g/mol. The Hall–Kier alpha value is -1.07. The molecule has 3 fully saturated rings. The highest BCUT2D eigenvalue weighted by Gasteiger charge is 2.50. The topological polar surface area (TPSA) is 77.0 Å². The van der Waals surface area contributed by atoms with Crippen molar-refractivity contribution in [2.45, 2.75) is 68.6 Å². The second-order valence-corrected chi connectivity index (χ2v) is 10.4. The van der Waals surface area contributed by atoms with Crippen LogP contribution in [0.4, 0.5) is 13.2 Å². The van der Waals surface area contributed by atoms with Gasteiger partial charge in [-0.1, -0.05) is 6.42 Å². The molecule has 2 atom stereocenters. The van der Waals surface area contributed by atoms with E-state index in [1.165, 1.54) is 19.3 Å². The number of piperidine rings is 3. The Bertz CT molecular complexity index is 678. The molecule has 3 rings (SSSR count). The van der Waals surface area contributed by atoms with E-state index in [4.69, 9.17) is 0 Å². The molecule has 0 saturated carbocycles. The van der Waals surface area contributed by atoms with E-state index in [2.05, 4.69) is 27.6 Å². The molecule has 2 unspecified atom stereocenters. The highest BCUT2D eigenvalue weighted by atomic mass is 32.2. The third kappa shape index (κ3) is 5.16. The number of guanidine groups is 1. The first kappa shape index (κ1) is 22.6. The number of fused-ring (bicyclic) bond motifs is 2. The lowest BCUT2D eigenvalue weighted by Gasteiger charge is -2.47. The van der Waals surface area contributed by atoms with Gasteiger partial charge in [0.1, 0.15) is 0 Å². The van der Waals surface area contributed by atoms with Gasteiger partial charge in [-0.2, -0.15) is 17.5 Å². The lowest BCUT2D eigenvalue weighted by Crippen LogP contribution is -2.57. The summed E-state index contributed by atoms with van der Waals surface area (Å²) in [4.78, 5) is 6.79. The van der Waals surface area contributed by atoms with E-state index in [1.807, 2.05) is 0 Å². The highest BCUT2D eigenvalue weighted by Crippen LogP contribution is 2.33. The summed E-state index contributed by atoms with van der Waals surface area (Å²) in [6.07, 6.45) is 6.73. The number of hydrogen-bond acceptors (Lipinski definition) is 4. The van der Waals surface area contributed by atoms with Gasteiger partial charge in [0.15, 0.2) is 5.96 Å². The largest absolute Gasteiger partial charge is 0.511 e. The number of aliphatic imine (C=N–C) groups is 1. The first-order valence-electron chi connectivity index (χ1n) is 10.4. The molecular formula is C18H32F3N5O2S. The molecule has 0 aromatic heterocycles. The molecule has 168 valence electrons. The smallest absolute Gasteiger partial charge is 0.356 e. The molecule has 0 aromatic rings. The van der Waals surface area contributed by atoms with Crippen molar-refractivity contribution >= 4 is 16.0 Å². The van der Waals surface area contributed by atoms with Crippen LogP contribution in [0.2, 0.25) is 0 Å². The minimum atomic E-state index is -5.23. The van der Waals surface area contributed by atoms with Gasteiger partial charge in [-0.25, -0.2) is 8.42 Å². The van der Waals surface area contributed by atoms with E-state index in [-0.39, 0.29) is 19.0 Å². The van der Waals surface area contributed by atoms with Crippen LogP contribution < -0.4 is 10.6 Å². The zero-order valence-electron chi connectivity index (χ0n) is 17.1. The predicted molar refractivity (Wildman–Crippen MR) is 106 cm³/mol. The fraction of sp³-hybridized carbons (Fsp3) is 0.944. The maximum absolute atomic E-state index is 12.7. The predicted octanol–water partition coefficient (Wildman–Crippen LogP) is 1.73. The molecular weight excluding hydrogens is 407 g/mol. The summed E-state index contributed by atoms with van der Waals surface area (Å²) in [7, 11) is -1.29. The Morgan fingerprint density at radius 2 is 1.69 bits per heavy atom. The second kappa shape index (κ2) is 8.97. The Morgan fingerprint density at radius 3 is 2.21 bits per heavy atom. The van der Waals surface area contributed by atoms with Crippen LogP contribution in [0.3, 0.4) is 0 Å². The van der Waals surface area contributed by atoms with Crippen LogP contribution in [0, 0.1) is 5.92 Å². The zero-order valence-corrected chi connectivity index (χ0v) is 17.9. The van der Waals surface area contributed by atoms with E-state index in [0.29, 0.717) is 47.8 Å². The van der Waals surface area contributed by atoms with Gasteiger partial charge in [0.25, 0.3) is 0 Å². The Kier molecular flexibility index (Phi) is 6.99. The molecule has 11 heteroatoms. The SMILES string of the molecule is CN=C(NCC1CCN(S(=O)(=O)C(F)(F)F)CC1)NC1CC2CCCC(C1)N2C. The average molecular weight is 440 g/mol. The first-order chi connectivity index (χ1) is 13.6. The maximum Gasteiger partial charge on any atom is 0.511 e. The van der Waals surface area contributed by atoms with Crippen molar-refractivity contribution in [3.63, 3.8) is 0 Å². The Labute approximate surface area is 171 Å². The number of hydrogen-bond donors (Lipinski definition) is 2. The van der Waals surface area contributed by atoms with Crippen molar-refractivity contribution in [2.24, 2.45) is 10.9 Å². The van der Waals surface area contributed by atoms with Crippen LogP contribution >= 0.6 is 0 Å². The molecule has 7 nitrogen and oxygen atoms in total. The van der Waals surface area contributed by atoms with Crippen molar-refractivity contribution in [1.82, 2.24) is 19.8 Å². The minimum absolute atomic E-state index is 0.0987. The number of nitrogens with zero attached hydrogens (tertiary/aromatic N) is 3. The summed E-state index contributed by atoms with van der Waals surface area (Å²) < 4.78 is 61.6. The minimum Gasteiger partial charge on any atom is -0.356 e. The molecule has 0 spiro atoms. The molecule has 3 aliphatic heterocycles. The number of sulfonamides is 1. The fourth-order valence-corrected chi connectivity index (χ4v) is 5.85. The molecule has 3 saturated heterocycles. The van der Waals surface area contributed by atoms with E-state index in [9.17, 15) is 21.6 Å². The van der Waals surface area contributed by atoms with Gasteiger partial charge in [-0.05, 0) is 51.5 Å². The number of rotatable bonds is 4. The first-order valence-corrected chi connectivity index (χ1v) is 11.8. The Morgan fingerprint density at radius 1 is 1.10 bits per heavy atom. The number of alkyl halides is 3. The van der Waals surface area contributed by atoms with Crippen LogP contribution in [0.25, 0.3) is 0 Å². The standard InChI is InChI=1S/C18H32F3N5O2S/c1-22-17(24-14-10-15-4-3-5-16(11-14)25(15)2)23-12-13-6-8-26(9-7-13)29(27,28)18(19,20)21/h13-16H,3-12H2,1-2H3,(H2,22,23,24). The fourth-order valence-electron chi connectivity index (χ4n) is 4.86. The molecule has 3 heterocycles. The molecule has 2 N–H and O–H groups in total. The third-order valence-corrected chi connectivity index (χ3v) is 8.30. The third-order valence-electron chi connectivity index (χ3n) is 6.67. The molecule has 0 amide bonds. The van der Waals surface area contributed by atoms with E-state index in [1.54, 1.807) is 7.05 Å². The highest BCUT2D eigenvalue weighted by molar-refractivity contribution is 7.90. The summed E-state index contributed by atoms with van der Waals surface area (Å²) in [6, 6.07) is 1.59. The summed E-state index contributed by atoms with van der Waals surface area (Å²) in [6.45, 7) is 0.371. The van der Waals surface area contributed by atoms with Crippen molar-refractivity contribution in [1.29, 1.82) is 0 Å². The van der Waals surface area contributed by atoms with Crippen molar-refractivity contribution in [3.8, 4) is 0 Å². The van der Waals surface area contributed by atoms with Gasteiger partial charge in [-0.3, -0.25) is 4.99 Å².